The number of benzene rings is 2. The zero-order chi connectivity index (χ0) is 20.8. The molecule has 0 saturated carbocycles. The predicted octanol–water partition coefficient (Wildman–Crippen LogP) is 5.06. The molecule has 0 atom stereocenters. The van der Waals surface area contributed by atoms with Crippen LogP contribution in [-0.4, -0.2) is 29.8 Å². The van der Waals surface area contributed by atoms with Gasteiger partial charge in [0.2, 0.25) is 5.91 Å². The number of hydrogen-bond acceptors (Lipinski definition) is 4. The van der Waals surface area contributed by atoms with Gasteiger partial charge >= 0.3 is 0 Å². The molecule has 0 bridgehead atoms. The molecule has 6 heteroatoms. The highest BCUT2D eigenvalue weighted by Crippen LogP contribution is 2.31. The van der Waals surface area contributed by atoms with E-state index >= 15 is 0 Å². The van der Waals surface area contributed by atoms with Crippen molar-refractivity contribution in [3.63, 3.8) is 0 Å². The first-order valence-electron chi connectivity index (χ1n) is 10.1. The van der Waals surface area contributed by atoms with E-state index in [4.69, 9.17) is 4.42 Å². The number of nitrogens with one attached hydrogen (secondary N) is 1. The second-order valence-corrected chi connectivity index (χ2v) is 8.32. The van der Waals surface area contributed by atoms with Gasteiger partial charge in [0.1, 0.15) is 0 Å². The number of furan rings is 1. The molecule has 1 N–H and O–H groups in total. The molecule has 1 aliphatic rings. The minimum atomic E-state index is -0.110. The van der Waals surface area contributed by atoms with Crippen molar-refractivity contribution >= 4 is 29.3 Å². The molecule has 5 nitrogen and oxygen atoms in total. The number of thioether (sulfide) groups is 1. The monoisotopic (exact) mass is 420 g/mol. The maximum Gasteiger partial charge on any atom is 0.289 e. The first-order chi connectivity index (χ1) is 14.7. The van der Waals surface area contributed by atoms with E-state index in [-0.39, 0.29) is 17.7 Å². The zero-order valence-electron chi connectivity index (χ0n) is 16.6. The second kappa shape index (κ2) is 9.67. The van der Waals surface area contributed by atoms with Gasteiger partial charge in [-0.1, -0.05) is 42.5 Å². The highest BCUT2D eigenvalue weighted by molar-refractivity contribution is 7.98. The Hall–Kier alpha value is -2.99. The van der Waals surface area contributed by atoms with E-state index in [0.29, 0.717) is 31.7 Å². The van der Waals surface area contributed by atoms with Gasteiger partial charge < -0.3 is 14.6 Å². The van der Waals surface area contributed by atoms with Gasteiger partial charge in [0, 0.05) is 29.7 Å². The lowest BCUT2D eigenvalue weighted by molar-refractivity contribution is -0.121. The summed E-state index contributed by atoms with van der Waals surface area (Å²) < 4.78 is 5.20. The Morgan fingerprint density at radius 2 is 1.70 bits per heavy atom. The molecule has 4 rings (SSSR count). The van der Waals surface area contributed by atoms with Gasteiger partial charge in [0.05, 0.1) is 12.0 Å². The number of likely N-dealkylation sites (tertiary alicyclic amines) is 1. The molecule has 2 heterocycles. The topological polar surface area (TPSA) is 62.6 Å². The molecule has 2 amide bonds. The zero-order valence-corrected chi connectivity index (χ0v) is 17.4. The number of amides is 2. The van der Waals surface area contributed by atoms with E-state index in [0.717, 1.165) is 16.3 Å². The van der Waals surface area contributed by atoms with Gasteiger partial charge in [-0.05, 0) is 42.7 Å². The van der Waals surface area contributed by atoms with E-state index in [2.05, 4.69) is 17.4 Å². The molecular weight excluding hydrogens is 396 g/mol. The summed E-state index contributed by atoms with van der Waals surface area (Å²) in [6, 6.07) is 21.6. The number of carbonyl (C=O) groups excluding carboxylic acids is 2. The summed E-state index contributed by atoms with van der Waals surface area (Å²) in [6.45, 7) is 1.12. The molecule has 1 aliphatic heterocycles. The third kappa shape index (κ3) is 4.94. The van der Waals surface area contributed by atoms with Crippen molar-refractivity contribution in [2.45, 2.75) is 23.5 Å². The van der Waals surface area contributed by atoms with Crippen molar-refractivity contribution in [3.05, 3.63) is 84.3 Å². The average Bonchev–Trinajstić information content (AvgIpc) is 3.34. The molecule has 0 radical (unpaired) electrons. The fourth-order valence-corrected chi connectivity index (χ4v) is 4.53. The maximum atomic E-state index is 12.9. The van der Waals surface area contributed by atoms with Crippen LogP contribution in [0.15, 0.2) is 82.3 Å². The summed E-state index contributed by atoms with van der Waals surface area (Å²) in [5.74, 6) is 1.01. The fraction of sp³-hybridized carbons (Fsp3) is 0.250. The van der Waals surface area contributed by atoms with E-state index in [1.54, 1.807) is 28.8 Å². The molecule has 30 heavy (non-hydrogen) atoms. The van der Waals surface area contributed by atoms with Crippen molar-refractivity contribution in [3.8, 4) is 0 Å². The molecule has 2 aromatic carbocycles. The number of rotatable bonds is 6. The first-order valence-corrected chi connectivity index (χ1v) is 11.1. The highest BCUT2D eigenvalue weighted by atomic mass is 32.2. The van der Waals surface area contributed by atoms with Gasteiger partial charge in [-0.3, -0.25) is 9.59 Å². The number of carbonyl (C=O) groups is 2. The van der Waals surface area contributed by atoms with Crippen LogP contribution in [0.1, 0.15) is 29.0 Å². The van der Waals surface area contributed by atoms with Crippen LogP contribution in [0, 0.1) is 5.92 Å². The third-order valence-corrected chi connectivity index (χ3v) is 6.41. The minimum Gasteiger partial charge on any atom is -0.459 e. The van der Waals surface area contributed by atoms with Crippen LogP contribution < -0.4 is 5.32 Å². The van der Waals surface area contributed by atoms with Gasteiger partial charge in [0.25, 0.3) is 5.91 Å². The summed E-state index contributed by atoms with van der Waals surface area (Å²) in [5, 5.41) is 3.11. The molecule has 154 valence electrons. The van der Waals surface area contributed by atoms with Crippen molar-refractivity contribution in [1.29, 1.82) is 0 Å². The number of piperidine rings is 1. The summed E-state index contributed by atoms with van der Waals surface area (Å²) in [5.41, 5.74) is 2.09. The third-order valence-electron chi connectivity index (χ3n) is 5.27. The van der Waals surface area contributed by atoms with Crippen LogP contribution >= 0.6 is 11.8 Å². The molecule has 0 aliphatic carbocycles. The van der Waals surface area contributed by atoms with Crippen LogP contribution in [0.4, 0.5) is 5.69 Å². The Kier molecular flexibility index (Phi) is 6.54. The molecular formula is C24H24N2O3S. The van der Waals surface area contributed by atoms with E-state index in [9.17, 15) is 9.59 Å². The fourth-order valence-electron chi connectivity index (χ4n) is 3.57. The maximum absolute atomic E-state index is 12.9. The van der Waals surface area contributed by atoms with E-state index in [1.807, 2.05) is 42.5 Å². The van der Waals surface area contributed by atoms with Gasteiger partial charge in [-0.25, -0.2) is 0 Å². The van der Waals surface area contributed by atoms with Crippen molar-refractivity contribution < 1.29 is 14.0 Å². The van der Waals surface area contributed by atoms with E-state index < -0.39 is 0 Å². The average molecular weight is 421 g/mol. The van der Waals surface area contributed by atoms with Gasteiger partial charge in [-0.2, -0.15) is 0 Å². The number of hydrogen-bond donors (Lipinski definition) is 1. The van der Waals surface area contributed by atoms with Crippen LogP contribution in [-0.2, 0) is 10.5 Å². The lowest BCUT2D eigenvalue weighted by atomic mass is 9.95. The second-order valence-electron chi connectivity index (χ2n) is 7.30. The highest BCUT2D eigenvalue weighted by Gasteiger charge is 2.29. The smallest absolute Gasteiger partial charge is 0.289 e. The Bertz CT molecular complexity index is 981. The first kappa shape index (κ1) is 20.3. The van der Waals surface area contributed by atoms with E-state index in [1.165, 1.54) is 11.8 Å². The number of anilines is 1. The SMILES string of the molecule is O=C(Nc1ccccc1SCc1ccccc1)C1CCN(C(=O)c2ccco2)CC1. The standard InChI is InChI=1S/C24H24N2O3S/c27-23(19-12-14-26(15-13-19)24(28)21-10-6-16-29-21)25-20-9-4-5-11-22(20)30-17-18-7-2-1-3-8-18/h1-11,16,19H,12-15,17H2,(H,25,27). The summed E-state index contributed by atoms with van der Waals surface area (Å²) >= 11 is 1.71. The lowest BCUT2D eigenvalue weighted by Gasteiger charge is -2.30. The molecule has 3 aromatic rings. The number of nitrogens with zero attached hydrogens (tertiary/aromatic N) is 1. The van der Waals surface area contributed by atoms with Crippen molar-refractivity contribution in [1.82, 2.24) is 4.90 Å². The molecule has 0 spiro atoms. The van der Waals surface area contributed by atoms with Gasteiger partial charge in [0.15, 0.2) is 5.76 Å². The molecule has 1 saturated heterocycles. The van der Waals surface area contributed by atoms with Gasteiger partial charge in [-0.15, -0.1) is 11.8 Å². The Labute approximate surface area is 180 Å². The summed E-state index contributed by atoms with van der Waals surface area (Å²) in [6.07, 6.45) is 2.80. The lowest BCUT2D eigenvalue weighted by Crippen LogP contribution is -2.41. The molecule has 1 fully saturated rings. The predicted molar refractivity (Wildman–Crippen MR) is 118 cm³/mol. The Morgan fingerprint density at radius 3 is 2.43 bits per heavy atom. The van der Waals surface area contributed by atoms with Crippen LogP contribution in [0.3, 0.4) is 0 Å². The number of para-hydroxylation sites is 1. The Morgan fingerprint density at radius 1 is 0.967 bits per heavy atom. The normalized spacial score (nSPS) is 14.5. The largest absolute Gasteiger partial charge is 0.459 e. The minimum absolute atomic E-state index is 0.0212. The Balaban J connectivity index is 1.33. The van der Waals surface area contributed by atoms with Crippen molar-refractivity contribution in [2.24, 2.45) is 5.92 Å². The van der Waals surface area contributed by atoms with Crippen LogP contribution in [0.2, 0.25) is 0 Å². The molecule has 1 aromatic heterocycles. The summed E-state index contributed by atoms with van der Waals surface area (Å²) in [4.78, 5) is 28.1. The van der Waals surface area contributed by atoms with Crippen LogP contribution in [0.25, 0.3) is 0 Å². The quantitative estimate of drug-likeness (QED) is 0.566. The van der Waals surface area contributed by atoms with Crippen molar-refractivity contribution in [2.75, 3.05) is 18.4 Å². The van der Waals surface area contributed by atoms with Crippen LogP contribution in [0.5, 0.6) is 0 Å². The molecule has 0 unspecified atom stereocenters. The summed E-state index contributed by atoms with van der Waals surface area (Å²) in [7, 11) is 0.